The summed E-state index contributed by atoms with van der Waals surface area (Å²) in [6.45, 7) is 5.53. The molecule has 0 aliphatic carbocycles. The van der Waals surface area contributed by atoms with Crippen LogP contribution in [0.3, 0.4) is 0 Å². The Labute approximate surface area is 147 Å². The quantitative estimate of drug-likeness (QED) is 0.900. The Bertz CT molecular complexity index is 660. The van der Waals surface area contributed by atoms with E-state index in [1.165, 1.54) is 14.0 Å². The van der Waals surface area contributed by atoms with Crippen molar-refractivity contribution in [1.82, 2.24) is 9.80 Å². The summed E-state index contributed by atoms with van der Waals surface area (Å²) in [7, 11) is 1.51. The number of nitrogens with one attached hydrogen (secondary N) is 1. The van der Waals surface area contributed by atoms with Gasteiger partial charge in [0, 0.05) is 45.2 Å². The lowest BCUT2D eigenvalue weighted by Gasteiger charge is -2.23. The molecule has 0 spiro atoms. The smallest absolute Gasteiger partial charge is 0.257 e. The Balaban J connectivity index is 2.18. The van der Waals surface area contributed by atoms with Crippen LogP contribution in [0.5, 0.6) is 5.75 Å². The molecule has 3 amide bonds. The summed E-state index contributed by atoms with van der Waals surface area (Å²) in [5.74, 6) is 0.214. The van der Waals surface area contributed by atoms with Gasteiger partial charge in [-0.1, -0.05) is 6.92 Å². The Kier molecular flexibility index (Phi) is 6.38. The largest absolute Gasteiger partial charge is 0.496 e. The van der Waals surface area contributed by atoms with Crippen molar-refractivity contribution in [3.05, 3.63) is 23.8 Å². The summed E-state index contributed by atoms with van der Waals surface area (Å²) in [6.07, 6.45) is 1.21. The number of carbonyl (C=O) groups is 3. The maximum absolute atomic E-state index is 12.9. The number of rotatable bonds is 4. The lowest BCUT2D eigenvalue weighted by Crippen LogP contribution is -2.37. The highest BCUT2D eigenvalue weighted by molar-refractivity contribution is 5.99. The molecular weight excluding hydrogens is 322 g/mol. The topological polar surface area (TPSA) is 79.0 Å². The van der Waals surface area contributed by atoms with E-state index in [-0.39, 0.29) is 17.7 Å². The molecular formula is C18H25N3O4. The van der Waals surface area contributed by atoms with Gasteiger partial charge in [-0.2, -0.15) is 0 Å². The molecule has 136 valence electrons. The third kappa shape index (κ3) is 4.71. The third-order valence-corrected chi connectivity index (χ3v) is 4.19. The molecule has 25 heavy (non-hydrogen) atoms. The Morgan fingerprint density at radius 3 is 2.44 bits per heavy atom. The van der Waals surface area contributed by atoms with Crippen LogP contribution in [0.1, 0.15) is 37.0 Å². The molecule has 1 saturated heterocycles. The summed E-state index contributed by atoms with van der Waals surface area (Å²) in [5.41, 5.74) is 0.957. The van der Waals surface area contributed by atoms with Crippen LogP contribution in [-0.2, 0) is 9.59 Å². The molecule has 0 radical (unpaired) electrons. The predicted octanol–water partition coefficient (Wildman–Crippen LogP) is 1.74. The fraction of sp³-hybridized carbons (Fsp3) is 0.500. The molecule has 0 aromatic heterocycles. The lowest BCUT2D eigenvalue weighted by atomic mass is 10.1. The number of amides is 3. The van der Waals surface area contributed by atoms with E-state index in [1.807, 2.05) is 6.92 Å². The lowest BCUT2D eigenvalue weighted by molar-refractivity contribution is -0.130. The monoisotopic (exact) mass is 347 g/mol. The van der Waals surface area contributed by atoms with Crippen molar-refractivity contribution in [2.45, 2.75) is 26.7 Å². The fourth-order valence-electron chi connectivity index (χ4n) is 2.92. The summed E-state index contributed by atoms with van der Waals surface area (Å²) >= 11 is 0. The number of carbonyl (C=O) groups excluding carboxylic acids is 3. The second-order valence-corrected chi connectivity index (χ2v) is 5.98. The fourth-order valence-corrected chi connectivity index (χ4v) is 2.92. The third-order valence-electron chi connectivity index (χ3n) is 4.19. The molecule has 0 bridgehead atoms. The number of methoxy groups -OCH3 is 1. The molecule has 2 rings (SSSR count). The molecule has 0 saturated carbocycles. The average molecular weight is 347 g/mol. The molecule has 1 aromatic carbocycles. The van der Waals surface area contributed by atoms with Crippen LogP contribution in [0.4, 0.5) is 5.69 Å². The first-order valence-corrected chi connectivity index (χ1v) is 8.49. The van der Waals surface area contributed by atoms with E-state index in [1.54, 1.807) is 28.0 Å². The summed E-state index contributed by atoms with van der Waals surface area (Å²) in [4.78, 5) is 39.6. The van der Waals surface area contributed by atoms with Crippen LogP contribution in [0, 0.1) is 0 Å². The van der Waals surface area contributed by atoms with Gasteiger partial charge in [0.25, 0.3) is 5.91 Å². The van der Waals surface area contributed by atoms with Gasteiger partial charge in [0.2, 0.25) is 11.8 Å². The zero-order valence-electron chi connectivity index (χ0n) is 15.0. The van der Waals surface area contributed by atoms with Gasteiger partial charge in [-0.05, 0) is 24.6 Å². The first-order chi connectivity index (χ1) is 12.0. The Morgan fingerprint density at radius 1 is 1.12 bits per heavy atom. The van der Waals surface area contributed by atoms with Gasteiger partial charge in [-0.25, -0.2) is 0 Å². The molecule has 1 heterocycles. The van der Waals surface area contributed by atoms with Crippen molar-refractivity contribution < 1.29 is 19.1 Å². The maximum Gasteiger partial charge on any atom is 0.257 e. The molecule has 7 heteroatoms. The second kappa shape index (κ2) is 8.50. The van der Waals surface area contributed by atoms with Gasteiger partial charge >= 0.3 is 0 Å². The van der Waals surface area contributed by atoms with Gasteiger partial charge in [-0.15, -0.1) is 0 Å². The highest BCUT2D eigenvalue weighted by atomic mass is 16.5. The van der Waals surface area contributed by atoms with E-state index in [0.29, 0.717) is 49.6 Å². The number of hydrogen-bond donors (Lipinski definition) is 1. The molecule has 0 unspecified atom stereocenters. The van der Waals surface area contributed by atoms with Crippen molar-refractivity contribution in [2.75, 3.05) is 38.6 Å². The highest BCUT2D eigenvalue weighted by Gasteiger charge is 2.24. The molecule has 1 N–H and O–H groups in total. The van der Waals surface area contributed by atoms with Crippen molar-refractivity contribution >= 4 is 23.4 Å². The zero-order valence-corrected chi connectivity index (χ0v) is 15.0. The van der Waals surface area contributed by atoms with Crippen LogP contribution >= 0.6 is 0 Å². The predicted molar refractivity (Wildman–Crippen MR) is 94.7 cm³/mol. The first-order valence-electron chi connectivity index (χ1n) is 8.49. The average Bonchev–Trinajstić information content (AvgIpc) is 2.86. The van der Waals surface area contributed by atoms with E-state index < -0.39 is 0 Å². The van der Waals surface area contributed by atoms with Gasteiger partial charge in [0.1, 0.15) is 5.75 Å². The van der Waals surface area contributed by atoms with Gasteiger partial charge in [0.15, 0.2) is 0 Å². The van der Waals surface area contributed by atoms with Gasteiger partial charge in [-0.3, -0.25) is 14.4 Å². The van der Waals surface area contributed by atoms with Crippen molar-refractivity contribution in [1.29, 1.82) is 0 Å². The maximum atomic E-state index is 12.9. The van der Waals surface area contributed by atoms with Gasteiger partial charge < -0.3 is 19.9 Å². The van der Waals surface area contributed by atoms with Crippen LogP contribution in [0.15, 0.2) is 18.2 Å². The number of nitrogens with zero attached hydrogens (tertiary/aromatic N) is 2. The van der Waals surface area contributed by atoms with E-state index in [9.17, 15) is 14.4 Å². The van der Waals surface area contributed by atoms with Crippen LogP contribution < -0.4 is 10.1 Å². The SMILES string of the molecule is CCC(=O)N1CCCN(C(=O)c2cc(NC(C)=O)ccc2OC)CC1. The minimum absolute atomic E-state index is 0.111. The van der Waals surface area contributed by atoms with E-state index in [0.717, 1.165) is 6.42 Å². The van der Waals surface area contributed by atoms with E-state index >= 15 is 0 Å². The first kappa shape index (κ1) is 18.8. The number of ether oxygens (including phenoxy) is 1. The Morgan fingerprint density at radius 2 is 1.80 bits per heavy atom. The molecule has 0 atom stereocenters. The second-order valence-electron chi connectivity index (χ2n) is 5.98. The van der Waals surface area contributed by atoms with Crippen molar-refractivity contribution in [3.63, 3.8) is 0 Å². The van der Waals surface area contributed by atoms with Crippen LogP contribution in [0.2, 0.25) is 0 Å². The summed E-state index contributed by atoms with van der Waals surface area (Å²) < 4.78 is 5.30. The van der Waals surface area contributed by atoms with Crippen molar-refractivity contribution in [3.8, 4) is 5.75 Å². The number of hydrogen-bond acceptors (Lipinski definition) is 4. The molecule has 1 fully saturated rings. The standard InChI is InChI=1S/C18H25N3O4/c1-4-17(23)20-8-5-9-21(11-10-20)18(24)15-12-14(19-13(2)22)6-7-16(15)25-3/h6-7,12H,4-5,8-11H2,1-3H3,(H,19,22). The minimum atomic E-state index is -0.202. The highest BCUT2D eigenvalue weighted by Crippen LogP contribution is 2.25. The van der Waals surface area contributed by atoms with Crippen LogP contribution in [-0.4, -0.2) is 60.8 Å². The number of benzene rings is 1. The number of anilines is 1. The normalized spacial score (nSPS) is 14.7. The molecule has 7 nitrogen and oxygen atoms in total. The summed E-state index contributed by atoms with van der Waals surface area (Å²) in [6, 6.07) is 4.99. The molecule has 1 aromatic rings. The molecule has 1 aliphatic rings. The zero-order chi connectivity index (χ0) is 18.4. The minimum Gasteiger partial charge on any atom is -0.496 e. The van der Waals surface area contributed by atoms with E-state index in [4.69, 9.17) is 4.74 Å². The van der Waals surface area contributed by atoms with Gasteiger partial charge in [0.05, 0.1) is 12.7 Å². The van der Waals surface area contributed by atoms with E-state index in [2.05, 4.69) is 5.32 Å². The Hall–Kier alpha value is -2.57. The molecule has 1 aliphatic heterocycles. The summed E-state index contributed by atoms with van der Waals surface area (Å²) in [5, 5.41) is 2.68. The van der Waals surface area contributed by atoms with Crippen LogP contribution in [0.25, 0.3) is 0 Å². The van der Waals surface area contributed by atoms with Crippen molar-refractivity contribution in [2.24, 2.45) is 0 Å².